The van der Waals surface area contributed by atoms with Gasteiger partial charge in [-0.15, -0.1) is 0 Å². The average molecular weight is 896 g/mol. The van der Waals surface area contributed by atoms with Gasteiger partial charge in [-0.1, -0.05) is 160 Å². The van der Waals surface area contributed by atoms with E-state index in [-0.39, 0.29) is 24.0 Å². The predicted molar refractivity (Wildman–Crippen MR) is 283 cm³/mol. The summed E-state index contributed by atoms with van der Waals surface area (Å²) in [6.45, 7) is 2.30. The summed E-state index contributed by atoms with van der Waals surface area (Å²) in [5, 5.41) is 5.23. The number of nitrogens with two attached hydrogens (primary N) is 1. The molecule has 2 spiro atoms. The van der Waals surface area contributed by atoms with Crippen LogP contribution in [0, 0.1) is 17.8 Å². The van der Waals surface area contributed by atoms with Gasteiger partial charge in [-0.25, -0.2) is 4.99 Å². The Balaban J connectivity index is 0.844. The van der Waals surface area contributed by atoms with Crippen molar-refractivity contribution in [2.75, 3.05) is 0 Å². The normalized spacial score (nSPS) is 27.2. The van der Waals surface area contributed by atoms with Crippen LogP contribution in [0.1, 0.15) is 179 Å². The minimum atomic E-state index is -0.303. The van der Waals surface area contributed by atoms with Gasteiger partial charge in [0.1, 0.15) is 23.3 Å². The molecule has 0 aliphatic heterocycles. The Kier molecular flexibility index (Phi) is 10.8. The maximum absolute atomic E-state index is 7.00. The third-order valence-corrected chi connectivity index (χ3v) is 18.9. The molecule has 346 valence electrons. The van der Waals surface area contributed by atoms with E-state index in [0.717, 1.165) is 35.7 Å². The summed E-state index contributed by atoms with van der Waals surface area (Å²) in [6.07, 6.45) is 40.4. The second kappa shape index (κ2) is 17.2. The highest BCUT2D eigenvalue weighted by molar-refractivity contribution is 5.93. The fourth-order valence-electron chi connectivity index (χ4n) is 15.7. The largest absolute Gasteiger partial charge is 0.460 e. The number of nitrogens with zero attached hydrogens (tertiary/aromatic N) is 1. The van der Waals surface area contributed by atoms with Crippen molar-refractivity contribution < 1.29 is 4.42 Å². The van der Waals surface area contributed by atoms with Gasteiger partial charge in [0.05, 0.1) is 0 Å². The van der Waals surface area contributed by atoms with E-state index in [9.17, 15) is 0 Å². The van der Waals surface area contributed by atoms with Crippen molar-refractivity contribution in [3.63, 3.8) is 0 Å². The molecule has 2 fully saturated rings. The SMILES string of the molecule is CC(NC(N=C(N)C1C=CC=CC1)c1ccc(-c2ccccc2)cc1)C1CC=Cc2c1oc1ccc(C3=CCCC4C3c3cc5c(cc3C43CCCCC3)C3=CCCCC3C53CCCCC3)cc21. The van der Waals surface area contributed by atoms with E-state index >= 15 is 0 Å². The number of furan rings is 1. The maximum Gasteiger partial charge on any atom is 0.134 e. The Morgan fingerprint density at radius 1 is 0.721 bits per heavy atom. The Morgan fingerprint density at radius 2 is 1.49 bits per heavy atom. The first-order valence-corrected chi connectivity index (χ1v) is 26.9. The number of nitrogens with one attached hydrogen (secondary N) is 1. The topological polar surface area (TPSA) is 63.5 Å². The lowest BCUT2D eigenvalue weighted by Crippen LogP contribution is -2.36. The van der Waals surface area contributed by atoms with Crippen LogP contribution in [0.25, 0.3) is 39.3 Å². The van der Waals surface area contributed by atoms with Crippen molar-refractivity contribution in [1.29, 1.82) is 0 Å². The Bertz CT molecular complexity index is 2930. The van der Waals surface area contributed by atoms with Crippen molar-refractivity contribution in [3.05, 3.63) is 172 Å². The zero-order chi connectivity index (χ0) is 45.4. The van der Waals surface area contributed by atoms with Gasteiger partial charge >= 0.3 is 0 Å². The molecule has 3 N–H and O–H groups in total. The number of benzene rings is 4. The number of amidine groups is 1. The van der Waals surface area contributed by atoms with Gasteiger partial charge < -0.3 is 10.2 Å². The van der Waals surface area contributed by atoms with Crippen molar-refractivity contribution in [3.8, 4) is 11.1 Å². The smallest absolute Gasteiger partial charge is 0.134 e. The zero-order valence-electron chi connectivity index (χ0n) is 40.2. The molecule has 0 radical (unpaired) electrons. The molecule has 7 atom stereocenters. The molecule has 1 aromatic heterocycles. The van der Waals surface area contributed by atoms with Gasteiger partial charge in [-0.05, 0) is 163 Å². The lowest BCUT2D eigenvalue weighted by atomic mass is 9.60. The quantitative estimate of drug-likeness (QED) is 0.120. The summed E-state index contributed by atoms with van der Waals surface area (Å²) in [4.78, 5) is 5.25. The van der Waals surface area contributed by atoms with Crippen LogP contribution < -0.4 is 11.1 Å². The van der Waals surface area contributed by atoms with Crippen LogP contribution in [0.2, 0.25) is 0 Å². The molecule has 2 saturated carbocycles. The maximum atomic E-state index is 7.00. The fourth-order valence-corrected chi connectivity index (χ4v) is 15.7. The van der Waals surface area contributed by atoms with Gasteiger partial charge in [0.25, 0.3) is 0 Å². The second-order valence-corrected chi connectivity index (χ2v) is 22.3. The fraction of sp³-hybridized carbons (Fsp3) is 0.422. The average Bonchev–Trinajstić information content (AvgIpc) is 4.00. The molecular formula is C64H69N3O. The number of aliphatic imine (C=N–C) groups is 1. The molecule has 68 heavy (non-hydrogen) atoms. The lowest BCUT2D eigenvalue weighted by Gasteiger charge is -2.43. The van der Waals surface area contributed by atoms with E-state index in [1.807, 2.05) is 0 Å². The molecule has 4 nitrogen and oxygen atoms in total. The molecule has 0 saturated heterocycles. The second-order valence-electron chi connectivity index (χ2n) is 22.3. The van der Waals surface area contributed by atoms with E-state index in [4.69, 9.17) is 15.1 Å². The van der Waals surface area contributed by atoms with Gasteiger partial charge in [-0.3, -0.25) is 5.32 Å². The van der Waals surface area contributed by atoms with Crippen molar-refractivity contribution in [2.24, 2.45) is 28.5 Å². The highest BCUT2D eigenvalue weighted by Gasteiger charge is 2.57. The number of fused-ring (bicyclic) bond motifs is 13. The van der Waals surface area contributed by atoms with E-state index in [1.54, 1.807) is 33.4 Å². The summed E-state index contributed by atoms with van der Waals surface area (Å²) >= 11 is 0. The third-order valence-electron chi connectivity index (χ3n) is 18.9. The van der Waals surface area contributed by atoms with E-state index in [2.05, 4.69) is 146 Å². The molecule has 4 aromatic carbocycles. The van der Waals surface area contributed by atoms with Crippen LogP contribution in [0.3, 0.4) is 0 Å². The number of hydrogen-bond acceptors (Lipinski definition) is 3. The number of rotatable bonds is 8. The highest BCUT2D eigenvalue weighted by Crippen LogP contribution is 2.67. The molecule has 4 heteroatoms. The van der Waals surface area contributed by atoms with Crippen LogP contribution >= 0.6 is 0 Å². The Hall–Kier alpha value is -5.45. The molecule has 1 heterocycles. The highest BCUT2D eigenvalue weighted by atomic mass is 16.3. The van der Waals surface area contributed by atoms with Crippen LogP contribution in [0.4, 0.5) is 0 Å². The van der Waals surface area contributed by atoms with Crippen molar-refractivity contribution in [1.82, 2.24) is 5.32 Å². The number of hydrogen-bond donors (Lipinski definition) is 2. The van der Waals surface area contributed by atoms with Crippen LogP contribution in [0.15, 0.2) is 137 Å². The first-order chi connectivity index (χ1) is 33.5. The van der Waals surface area contributed by atoms with Gasteiger partial charge in [-0.2, -0.15) is 0 Å². The molecule has 7 unspecified atom stereocenters. The standard InChI is InChI=1S/C64H69N3O/c1-41(66-62(67-61(65)44-20-8-3-9-21-44)45-30-28-43(29-31-45)42-18-6-2-7-19-42)47-23-16-25-50-52-38-46(32-33-58(52)68-60(47)50)48-24-17-27-55-59(48)53-40-56-51(39-57(53)64(55)36-14-5-15-37-64)49-22-10-11-26-54(49)63(56)34-12-4-13-35-63/h2-3,6-9,16,18-20,22,24-25,28-33,38-41,44,47,54-55,59,62,66H,4-5,10-15,17,21,23,26-27,34-37H2,1H3,(H2,65,67). The molecule has 8 aliphatic rings. The summed E-state index contributed by atoms with van der Waals surface area (Å²) in [5.74, 6) is 3.85. The van der Waals surface area contributed by atoms with Gasteiger partial charge in [0, 0.05) is 40.2 Å². The molecule has 0 amide bonds. The molecular weight excluding hydrogens is 827 g/mol. The van der Waals surface area contributed by atoms with E-state index < -0.39 is 0 Å². The predicted octanol–water partition coefficient (Wildman–Crippen LogP) is 16.0. The zero-order valence-corrected chi connectivity index (χ0v) is 40.2. The summed E-state index contributed by atoms with van der Waals surface area (Å²) in [6, 6.07) is 32.5. The number of allylic oxidation sites excluding steroid dienone is 8. The lowest BCUT2D eigenvalue weighted by molar-refractivity contribution is 0.189. The van der Waals surface area contributed by atoms with Gasteiger partial charge in [0.15, 0.2) is 0 Å². The van der Waals surface area contributed by atoms with Crippen LogP contribution in [-0.2, 0) is 10.8 Å². The Labute approximate surface area is 404 Å². The molecule has 13 rings (SSSR count). The molecule has 5 aromatic rings. The Morgan fingerprint density at radius 3 is 2.28 bits per heavy atom. The minimum absolute atomic E-state index is 0.0631. The van der Waals surface area contributed by atoms with Gasteiger partial charge in [0.2, 0.25) is 0 Å². The van der Waals surface area contributed by atoms with Crippen molar-refractivity contribution in [2.45, 2.75) is 151 Å². The third kappa shape index (κ3) is 6.89. The molecule has 8 aliphatic carbocycles. The monoisotopic (exact) mass is 896 g/mol. The van der Waals surface area contributed by atoms with Crippen LogP contribution in [0.5, 0.6) is 0 Å². The summed E-state index contributed by atoms with van der Waals surface area (Å²) < 4.78 is 7.00. The first-order valence-electron chi connectivity index (χ1n) is 26.9. The van der Waals surface area contributed by atoms with E-state index in [0.29, 0.717) is 28.5 Å². The summed E-state index contributed by atoms with van der Waals surface area (Å²) in [5.41, 5.74) is 24.9. The summed E-state index contributed by atoms with van der Waals surface area (Å²) in [7, 11) is 0. The van der Waals surface area contributed by atoms with E-state index in [1.165, 1.54) is 124 Å². The first kappa shape index (κ1) is 42.6. The molecule has 0 bridgehead atoms. The van der Waals surface area contributed by atoms with Crippen molar-refractivity contribution >= 4 is 34.0 Å². The minimum Gasteiger partial charge on any atom is -0.460 e. The van der Waals surface area contributed by atoms with Crippen LogP contribution in [-0.4, -0.2) is 11.9 Å².